The summed E-state index contributed by atoms with van der Waals surface area (Å²) in [6.45, 7) is 4.67. The third-order valence-electron chi connectivity index (χ3n) is 13.1. The lowest BCUT2D eigenvalue weighted by Gasteiger charge is -2.29. The number of nitrogens with zero attached hydrogens (tertiary/aromatic N) is 1. The Morgan fingerprint density at radius 1 is 0.522 bits per heavy atom. The fourth-order valence-electron chi connectivity index (χ4n) is 8.54. The maximum Gasteiger partial charge on any atom is 0.268 e. The second kappa shape index (κ2) is 49.7. The molecule has 0 aromatic rings. The van der Waals surface area contributed by atoms with Crippen molar-refractivity contribution in [3.8, 4) is 0 Å². The van der Waals surface area contributed by atoms with Crippen LogP contribution in [0, 0.1) is 0 Å². The van der Waals surface area contributed by atoms with Crippen LogP contribution in [0.1, 0.15) is 277 Å². The van der Waals surface area contributed by atoms with Crippen molar-refractivity contribution < 1.29 is 32.9 Å². The van der Waals surface area contributed by atoms with Crippen molar-refractivity contribution in [1.82, 2.24) is 5.32 Å². The van der Waals surface area contributed by atoms with Crippen molar-refractivity contribution >= 4 is 13.7 Å². The minimum atomic E-state index is -4.59. The molecule has 0 saturated heterocycles. The van der Waals surface area contributed by atoms with Crippen LogP contribution in [0.5, 0.6) is 0 Å². The molecular weight excluding hydrogens is 852 g/mol. The number of nitrogens with one attached hydrogen (secondary N) is 1. The average molecular weight is 966 g/mol. The van der Waals surface area contributed by atoms with Crippen LogP contribution in [0.15, 0.2) is 36.5 Å². The van der Waals surface area contributed by atoms with E-state index in [-0.39, 0.29) is 19.1 Å². The fourth-order valence-corrected chi connectivity index (χ4v) is 9.26. The number of carbonyl (C=O) groups excluding carboxylic acids is 1. The molecule has 0 aromatic heterocycles. The van der Waals surface area contributed by atoms with Crippen LogP contribution in [0.25, 0.3) is 0 Å². The molecule has 0 aliphatic heterocycles. The highest BCUT2D eigenvalue weighted by atomic mass is 31.2. The predicted molar refractivity (Wildman–Crippen MR) is 288 cm³/mol. The Kier molecular flexibility index (Phi) is 48.7. The SMILES string of the molecule is CCCCCCCCCCC/C=C\C/C=C\CCCCCCCCCCCCCCCCCC(=O)NC(COP(=O)([O-])OCC[N+](C)(C)C)C(O)/C=C/CCCCCCCCCCCCCC. The Morgan fingerprint density at radius 3 is 1.24 bits per heavy atom. The van der Waals surface area contributed by atoms with Crippen molar-refractivity contribution in [3.05, 3.63) is 36.5 Å². The molecule has 396 valence electrons. The molecule has 0 radical (unpaired) electrons. The van der Waals surface area contributed by atoms with E-state index in [2.05, 4.69) is 43.5 Å². The quantitative estimate of drug-likeness (QED) is 0.0272. The second-order valence-corrected chi connectivity index (χ2v) is 22.4. The lowest BCUT2D eigenvalue weighted by molar-refractivity contribution is -0.870. The molecule has 0 fully saturated rings. The molecule has 2 N–H and O–H groups in total. The number of amides is 1. The zero-order chi connectivity index (χ0) is 49.2. The van der Waals surface area contributed by atoms with E-state index in [1.165, 1.54) is 212 Å². The van der Waals surface area contributed by atoms with Gasteiger partial charge in [-0.2, -0.15) is 0 Å². The van der Waals surface area contributed by atoms with Gasteiger partial charge in [-0.05, 0) is 51.4 Å². The predicted octanol–water partition coefficient (Wildman–Crippen LogP) is 16.7. The van der Waals surface area contributed by atoms with Gasteiger partial charge in [0.25, 0.3) is 7.82 Å². The smallest absolute Gasteiger partial charge is 0.268 e. The third kappa shape index (κ3) is 52.4. The molecule has 0 heterocycles. The summed E-state index contributed by atoms with van der Waals surface area (Å²) in [4.78, 5) is 25.4. The van der Waals surface area contributed by atoms with Gasteiger partial charge in [0.1, 0.15) is 13.2 Å². The van der Waals surface area contributed by atoms with Gasteiger partial charge in [-0.3, -0.25) is 9.36 Å². The molecule has 0 aromatic carbocycles. The van der Waals surface area contributed by atoms with Gasteiger partial charge >= 0.3 is 0 Å². The standard InChI is InChI=1S/C58H113N2O6P/c1-6-8-10-12-14-16-18-20-22-23-24-25-26-27-28-29-30-31-32-33-34-35-36-37-38-40-42-44-46-48-50-52-58(62)59-56(55-66-67(63,64)65-54-53-60(3,4)5)57(61)51-49-47-45-43-41-39-21-19-17-15-13-11-9-7-2/h24-25,27-28,49,51,56-57,61H,6-23,26,29-48,50,52-55H2,1-5H3,(H-,59,62,63,64)/b25-24-,28-27-,51-49+. The van der Waals surface area contributed by atoms with Crippen LogP contribution in [-0.2, 0) is 18.4 Å². The molecule has 9 heteroatoms. The summed E-state index contributed by atoms with van der Waals surface area (Å²) in [6, 6.07) is -0.885. The topological polar surface area (TPSA) is 108 Å². The Bertz CT molecular complexity index is 1190. The first-order chi connectivity index (χ1) is 32.5. The number of allylic oxidation sites excluding steroid dienone is 5. The highest BCUT2D eigenvalue weighted by Crippen LogP contribution is 2.38. The summed E-state index contributed by atoms with van der Waals surface area (Å²) in [5.74, 6) is -0.195. The van der Waals surface area contributed by atoms with Crippen molar-refractivity contribution in [1.29, 1.82) is 0 Å². The molecule has 0 spiro atoms. The first-order valence-electron chi connectivity index (χ1n) is 28.9. The van der Waals surface area contributed by atoms with Crippen molar-refractivity contribution in [2.45, 2.75) is 289 Å². The molecule has 3 unspecified atom stereocenters. The number of phosphoric ester groups is 1. The summed E-state index contributed by atoms with van der Waals surface area (Å²) in [7, 11) is 1.27. The molecule has 1 amide bonds. The molecule has 67 heavy (non-hydrogen) atoms. The van der Waals surface area contributed by atoms with Crippen LogP contribution in [0.4, 0.5) is 0 Å². The van der Waals surface area contributed by atoms with E-state index in [4.69, 9.17) is 9.05 Å². The van der Waals surface area contributed by atoms with E-state index < -0.39 is 20.0 Å². The Labute approximate surface area is 417 Å². The van der Waals surface area contributed by atoms with E-state index in [9.17, 15) is 19.4 Å². The van der Waals surface area contributed by atoms with Crippen molar-refractivity contribution in [2.75, 3.05) is 40.9 Å². The second-order valence-electron chi connectivity index (χ2n) is 21.0. The van der Waals surface area contributed by atoms with Gasteiger partial charge in [0, 0.05) is 6.42 Å². The van der Waals surface area contributed by atoms with E-state index in [0.29, 0.717) is 17.4 Å². The van der Waals surface area contributed by atoms with E-state index >= 15 is 0 Å². The van der Waals surface area contributed by atoms with Gasteiger partial charge in [-0.25, -0.2) is 0 Å². The lowest BCUT2D eigenvalue weighted by atomic mass is 10.0. The fraction of sp³-hybridized carbons (Fsp3) is 0.879. The molecule has 8 nitrogen and oxygen atoms in total. The number of aliphatic hydroxyl groups is 1. The van der Waals surface area contributed by atoms with Crippen LogP contribution >= 0.6 is 7.82 Å². The molecule has 3 atom stereocenters. The maximum atomic E-state index is 12.9. The van der Waals surface area contributed by atoms with Crippen molar-refractivity contribution in [3.63, 3.8) is 0 Å². The summed E-state index contributed by atoms with van der Waals surface area (Å²) in [6.07, 6.45) is 63.7. The molecular formula is C58H113N2O6P. The van der Waals surface area contributed by atoms with E-state index in [1.807, 2.05) is 27.2 Å². The Hall–Kier alpha value is -1.28. The molecule has 0 aliphatic rings. The van der Waals surface area contributed by atoms with Crippen LogP contribution in [-0.4, -0.2) is 68.5 Å². The van der Waals surface area contributed by atoms with Crippen LogP contribution in [0.2, 0.25) is 0 Å². The summed E-state index contributed by atoms with van der Waals surface area (Å²) in [5, 5.41) is 13.9. The highest BCUT2D eigenvalue weighted by Gasteiger charge is 2.23. The first kappa shape index (κ1) is 65.7. The number of carbonyl (C=O) groups is 1. The number of hydrogen-bond donors (Lipinski definition) is 2. The molecule has 0 aliphatic carbocycles. The molecule has 0 rings (SSSR count). The van der Waals surface area contributed by atoms with Crippen molar-refractivity contribution in [2.24, 2.45) is 0 Å². The van der Waals surface area contributed by atoms with Gasteiger partial charge in [0.2, 0.25) is 5.91 Å². The zero-order valence-electron chi connectivity index (χ0n) is 45.1. The first-order valence-corrected chi connectivity index (χ1v) is 30.3. The van der Waals surface area contributed by atoms with Crippen LogP contribution < -0.4 is 10.2 Å². The maximum absolute atomic E-state index is 12.9. The normalized spacial score (nSPS) is 14.2. The van der Waals surface area contributed by atoms with Gasteiger partial charge in [-0.1, -0.05) is 256 Å². The van der Waals surface area contributed by atoms with Gasteiger partial charge in [-0.15, -0.1) is 0 Å². The average Bonchev–Trinajstić information content (AvgIpc) is 3.29. The van der Waals surface area contributed by atoms with Gasteiger partial charge in [0.05, 0.1) is 39.9 Å². The minimum absolute atomic E-state index is 0.0000881. The minimum Gasteiger partial charge on any atom is -0.756 e. The molecule has 0 saturated carbocycles. The molecule has 0 bridgehead atoms. The van der Waals surface area contributed by atoms with Gasteiger partial charge < -0.3 is 28.8 Å². The number of rotatable bonds is 53. The zero-order valence-corrected chi connectivity index (χ0v) is 46.0. The highest BCUT2D eigenvalue weighted by molar-refractivity contribution is 7.45. The number of hydrogen-bond acceptors (Lipinski definition) is 6. The third-order valence-corrected chi connectivity index (χ3v) is 14.1. The van der Waals surface area contributed by atoms with Gasteiger partial charge in [0.15, 0.2) is 0 Å². The summed E-state index contributed by atoms with van der Waals surface area (Å²) >= 11 is 0. The number of aliphatic hydroxyl groups excluding tert-OH is 1. The largest absolute Gasteiger partial charge is 0.756 e. The lowest BCUT2D eigenvalue weighted by Crippen LogP contribution is -2.45. The Balaban J connectivity index is 4.07. The monoisotopic (exact) mass is 965 g/mol. The Morgan fingerprint density at radius 2 is 0.866 bits per heavy atom. The summed E-state index contributed by atoms with van der Waals surface area (Å²) in [5.41, 5.74) is 0. The number of likely N-dealkylation sites (N-methyl/N-ethyl adjacent to an activating group) is 1. The van der Waals surface area contributed by atoms with Crippen LogP contribution in [0.3, 0.4) is 0 Å². The van der Waals surface area contributed by atoms with E-state index in [0.717, 1.165) is 44.9 Å². The van der Waals surface area contributed by atoms with E-state index in [1.54, 1.807) is 6.08 Å². The summed E-state index contributed by atoms with van der Waals surface area (Å²) < 4.78 is 23.3. The number of quaternary nitrogens is 1. The number of phosphoric acid groups is 1. The number of unbranched alkanes of at least 4 members (excludes halogenated alkanes) is 36.